The molecule has 0 saturated carbocycles. The van der Waals surface area contributed by atoms with Crippen LogP contribution in [0.15, 0.2) is 0 Å². The van der Waals surface area contributed by atoms with E-state index >= 15 is 0 Å². The zero-order chi connectivity index (χ0) is 11.2. The van der Waals surface area contributed by atoms with E-state index in [1.165, 1.54) is 0 Å². The van der Waals surface area contributed by atoms with Gasteiger partial charge in [0.05, 0.1) is 5.69 Å². The predicted molar refractivity (Wildman–Crippen MR) is 58.8 cm³/mol. The van der Waals surface area contributed by atoms with Gasteiger partial charge in [-0.25, -0.2) is 4.98 Å². The SMILES string of the molecule is Cc1nc(N)c2nnc(C(C)C)n2c1C. The fourth-order valence-corrected chi connectivity index (χ4v) is 1.64. The first-order chi connectivity index (χ1) is 7.02. The highest BCUT2D eigenvalue weighted by Crippen LogP contribution is 2.19. The number of nitrogen functional groups attached to an aromatic ring is 1. The molecule has 80 valence electrons. The van der Waals surface area contributed by atoms with E-state index in [0.717, 1.165) is 17.2 Å². The van der Waals surface area contributed by atoms with Gasteiger partial charge in [-0.15, -0.1) is 10.2 Å². The van der Waals surface area contributed by atoms with Crippen LogP contribution in [-0.4, -0.2) is 19.6 Å². The Hall–Kier alpha value is -1.65. The molecule has 2 aromatic heterocycles. The van der Waals surface area contributed by atoms with Crippen LogP contribution in [0.5, 0.6) is 0 Å². The molecular weight excluding hydrogens is 190 g/mol. The van der Waals surface area contributed by atoms with E-state index in [1.54, 1.807) is 0 Å². The third-order valence-electron chi connectivity index (χ3n) is 2.58. The number of aryl methyl sites for hydroxylation is 2. The van der Waals surface area contributed by atoms with Crippen molar-refractivity contribution in [3.63, 3.8) is 0 Å². The molecule has 0 unspecified atom stereocenters. The maximum Gasteiger partial charge on any atom is 0.203 e. The van der Waals surface area contributed by atoms with Gasteiger partial charge in [-0.2, -0.15) is 0 Å². The molecule has 5 heteroatoms. The molecule has 0 spiro atoms. The standard InChI is InChI=1S/C10H15N5/c1-5(2)9-13-14-10-8(11)12-6(3)7(4)15(9)10/h5H,1-4H3,(H2,11,12). The number of hydrogen-bond donors (Lipinski definition) is 1. The second-order valence-corrected chi connectivity index (χ2v) is 4.04. The molecule has 2 N–H and O–H groups in total. The van der Waals surface area contributed by atoms with Gasteiger partial charge >= 0.3 is 0 Å². The first-order valence-corrected chi connectivity index (χ1v) is 5.00. The van der Waals surface area contributed by atoms with Crippen molar-refractivity contribution in [3.8, 4) is 0 Å². The Morgan fingerprint density at radius 2 is 1.87 bits per heavy atom. The van der Waals surface area contributed by atoms with Gasteiger partial charge in [-0.05, 0) is 13.8 Å². The Kier molecular flexibility index (Phi) is 2.10. The molecule has 0 aliphatic rings. The van der Waals surface area contributed by atoms with Gasteiger partial charge < -0.3 is 5.73 Å². The summed E-state index contributed by atoms with van der Waals surface area (Å²) in [5, 5.41) is 8.22. The smallest absolute Gasteiger partial charge is 0.203 e. The lowest BCUT2D eigenvalue weighted by Gasteiger charge is -2.09. The van der Waals surface area contributed by atoms with E-state index < -0.39 is 0 Å². The highest BCUT2D eigenvalue weighted by molar-refractivity contribution is 5.60. The van der Waals surface area contributed by atoms with Crippen molar-refractivity contribution in [1.82, 2.24) is 19.6 Å². The molecule has 0 aliphatic carbocycles. The van der Waals surface area contributed by atoms with Crippen LogP contribution >= 0.6 is 0 Å². The van der Waals surface area contributed by atoms with Gasteiger partial charge in [0.15, 0.2) is 5.82 Å². The summed E-state index contributed by atoms with van der Waals surface area (Å²) in [5.74, 6) is 1.69. The van der Waals surface area contributed by atoms with E-state index in [-0.39, 0.29) is 0 Å². The van der Waals surface area contributed by atoms with Crippen molar-refractivity contribution in [2.75, 3.05) is 5.73 Å². The van der Waals surface area contributed by atoms with Crippen molar-refractivity contribution in [2.24, 2.45) is 0 Å². The van der Waals surface area contributed by atoms with Gasteiger partial charge in [0.2, 0.25) is 5.65 Å². The lowest BCUT2D eigenvalue weighted by Crippen LogP contribution is -2.06. The minimum Gasteiger partial charge on any atom is -0.381 e. The number of fused-ring (bicyclic) bond motifs is 1. The Morgan fingerprint density at radius 3 is 2.47 bits per heavy atom. The maximum atomic E-state index is 5.80. The summed E-state index contributed by atoms with van der Waals surface area (Å²) in [5.41, 5.74) is 8.43. The van der Waals surface area contributed by atoms with Gasteiger partial charge in [-0.1, -0.05) is 13.8 Å². The molecule has 0 amide bonds. The molecule has 0 fully saturated rings. The van der Waals surface area contributed by atoms with Crippen molar-refractivity contribution < 1.29 is 0 Å². The zero-order valence-electron chi connectivity index (χ0n) is 9.44. The van der Waals surface area contributed by atoms with Crippen molar-refractivity contribution in [3.05, 3.63) is 17.2 Å². The van der Waals surface area contributed by atoms with Crippen LogP contribution in [0, 0.1) is 13.8 Å². The van der Waals surface area contributed by atoms with E-state index in [2.05, 4.69) is 29.0 Å². The van der Waals surface area contributed by atoms with E-state index in [0.29, 0.717) is 17.4 Å². The third-order valence-corrected chi connectivity index (χ3v) is 2.58. The molecule has 0 radical (unpaired) electrons. The lowest BCUT2D eigenvalue weighted by molar-refractivity contribution is 0.748. The number of anilines is 1. The molecule has 0 saturated heterocycles. The fourth-order valence-electron chi connectivity index (χ4n) is 1.64. The minimum absolute atomic E-state index is 0.319. The molecule has 15 heavy (non-hydrogen) atoms. The molecule has 0 aromatic carbocycles. The molecule has 0 bridgehead atoms. The van der Waals surface area contributed by atoms with Crippen LogP contribution in [0.25, 0.3) is 5.65 Å². The summed E-state index contributed by atoms with van der Waals surface area (Å²) in [6, 6.07) is 0. The Balaban J connectivity index is 2.89. The Bertz CT molecular complexity index is 512. The van der Waals surface area contributed by atoms with Gasteiger partial charge in [-0.3, -0.25) is 4.40 Å². The van der Waals surface area contributed by atoms with Crippen LogP contribution in [0.1, 0.15) is 37.0 Å². The van der Waals surface area contributed by atoms with Gasteiger partial charge in [0.25, 0.3) is 0 Å². The number of nitrogens with two attached hydrogens (primary N) is 1. The largest absolute Gasteiger partial charge is 0.381 e. The van der Waals surface area contributed by atoms with E-state index in [1.807, 2.05) is 18.2 Å². The number of nitrogens with zero attached hydrogens (tertiary/aromatic N) is 4. The summed E-state index contributed by atoms with van der Waals surface area (Å²) in [6.45, 7) is 8.11. The number of aromatic nitrogens is 4. The molecule has 2 heterocycles. The zero-order valence-corrected chi connectivity index (χ0v) is 9.44. The first kappa shape index (κ1) is 9.89. The average Bonchev–Trinajstić information content (AvgIpc) is 2.58. The Labute approximate surface area is 88.3 Å². The summed E-state index contributed by atoms with van der Waals surface area (Å²) >= 11 is 0. The average molecular weight is 205 g/mol. The predicted octanol–water partition coefficient (Wildman–Crippen LogP) is 1.45. The normalized spacial score (nSPS) is 11.5. The summed E-state index contributed by atoms with van der Waals surface area (Å²) < 4.78 is 1.99. The molecule has 2 rings (SSSR count). The van der Waals surface area contributed by atoms with Crippen LogP contribution in [-0.2, 0) is 0 Å². The molecule has 0 aliphatic heterocycles. The monoisotopic (exact) mass is 205 g/mol. The summed E-state index contributed by atoms with van der Waals surface area (Å²) in [4.78, 5) is 4.23. The van der Waals surface area contributed by atoms with Crippen molar-refractivity contribution in [2.45, 2.75) is 33.6 Å². The quantitative estimate of drug-likeness (QED) is 0.765. The summed E-state index contributed by atoms with van der Waals surface area (Å²) in [7, 11) is 0. The third kappa shape index (κ3) is 1.35. The van der Waals surface area contributed by atoms with Gasteiger partial charge in [0.1, 0.15) is 5.82 Å². The van der Waals surface area contributed by atoms with E-state index in [4.69, 9.17) is 5.73 Å². The molecule has 5 nitrogen and oxygen atoms in total. The second kappa shape index (κ2) is 3.18. The first-order valence-electron chi connectivity index (χ1n) is 5.00. The highest BCUT2D eigenvalue weighted by atomic mass is 15.3. The summed E-state index contributed by atoms with van der Waals surface area (Å²) in [6.07, 6.45) is 0. The lowest BCUT2D eigenvalue weighted by atomic mass is 10.2. The van der Waals surface area contributed by atoms with Crippen molar-refractivity contribution >= 4 is 11.5 Å². The fraction of sp³-hybridized carbons (Fsp3) is 0.500. The van der Waals surface area contributed by atoms with Crippen molar-refractivity contribution in [1.29, 1.82) is 0 Å². The molecule has 2 aromatic rings. The number of rotatable bonds is 1. The second-order valence-electron chi connectivity index (χ2n) is 4.04. The Morgan fingerprint density at radius 1 is 1.20 bits per heavy atom. The van der Waals surface area contributed by atoms with E-state index in [9.17, 15) is 0 Å². The topological polar surface area (TPSA) is 69.1 Å². The molecular formula is C10H15N5. The minimum atomic E-state index is 0.319. The maximum absolute atomic E-state index is 5.80. The van der Waals surface area contributed by atoms with Crippen LogP contribution in [0.2, 0.25) is 0 Å². The van der Waals surface area contributed by atoms with Crippen LogP contribution < -0.4 is 5.73 Å². The van der Waals surface area contributed by atoms with Crippen LogP contribution in [0.3, 0.4) is 0 Å². The molecule has 0 atom stereocenters. The van der Waals surface area contributed by atoms with Gasteiger partial charge in [0, 0.05) is 11.6 Å². The van der Waals surface area contributed by atoms with Crippen LogP contribution in [0.4, 0.5) is 5.82 Å². The number of hydrogen-bond acceptors (Lipinski definition) is 4. The highest BCUT2D eigenvalue weighted by Gasteiger charge is 2.15.